The first-order valence-corrected chi connectivity index (χ1v) is 6.71. The average Bonchev–Trinajstić information content (AvgIpc) is 2.39. The Hall–Kier alpha value is -0.900. The number of hydrogen-bond donors (Lipinski definition) is 1. The molecule has 0 saturated carbocycles. The van der Waals surface area contributed by atoms with Crippen LogP contribution in [0.3, 0.4) is 0 Å². The second-order valence-electron chi connectivity index (χ2n) is 4.94. The zero-order chi connectivity index (χ0) is 13.1. The second-order valence-corrected chi connectivity index (χ2v) is 5.35. The van der Waals surface area contributed by atoms with Crippen LogP contribution in [0.5, 0.6) is 0 Å². The second kappa shape index (κ2) is 5.83. The Balaban J connectivity index is 2.17. The van der Waals surface area contributed by atoms with Crippen molar-refractivity contribution in [2.24, 2.45) is 5.73 Å². The van der Waals surface area contributed by atoms with Crippen LogP contribution in [0.1, 0.15) is 34.7 Å². The Morgan fingerprint density at radius 3 is 2.67 bits per heavy atom. The Kier molecular flexibility index (Phi) is 4.38. The predicted octanol–water partition coefficient (Wildman–Crippen LogP) is 2.29. The van der Waals surface area contributed by atoms with Gasteiger partial charge in [-0.2, -0.15) is 0 Å². The summed E-state index contributed by atoms with van der Waals surface area (Å²) >= 11 is 6.29. The minimum absolute atomic E-state index is 0.0316. The molecule has 1 fully saturated rings. The van der Waals surface area contributed by atoms with E-state index in [0.29, 0.717) is 16.5 Å². The molecule has 0 aromatic heterocycles. The molecule has 0 amide bonds. The van der Waals surface area contributed by atoms with E-state index in [9.17, 15) is 4.79 Å². The molecule has 1 saturated heterocycles. The summed E-state index contributed by atoms with van der Waals surface area (Å²) < 4.78 is 0. The lowest BCUT2D eigenvalue weighted by atomic mass is 9.89. The van der Waals surface area contributed by atoms with Crippen LogP contribution in [0.2, 0.25) is 5.02 Å². The summed E-state index contributed by atoms with van der Waals surface area (Å²) in [6.07, 6.45) is 2.25. The Morgan fingerprint density at radius 2 is 2.11 bits per heavy atom. The van der Waals surface area contributed by atoms with Gasteiger partial charge >= 0.3 is 0 Å². The van der Waals surface area contributed by atoms with Crippen molar-refractivity contribution in [3.63, 3.8) is 0 Å². The third kappa shape index (κ3) is 2.91. The molecule has 0 bridgehead atoms. The molecule has 2 N–H and O–H groups in total. The van der Waals surface area contributed by atoms with Gasteiger partial charge in [0, 0.05) is 10.6 Å². The van der Waals surface area contributed by atoms with Gasteiger partial charge in [-0.05, 0) is 50.5 Å². The van der Waals surface area contributed by atoms with Crippen LogP contribution < -0.4 is 5.73 Å². The molecule has 1 aliphatic rings. The molecule has 1 aromatic carbocycles. The fourth-order valence-electron chi connectivity index (χ4n) is 2.47. The van der Waals surface area contributed by atoms with E-state index in [1.54, 1.807) is 6.07 Å². The molecule has 4 heteroatoms. The summed E-state index contributed by atoms with van der Waals surface area (Å²) in [6.45, 7) is 2.23. The van der Waals surface area contributed by atoms with Crippen molar-refractivity contribution in [3.8, 4) is 0 Å². The van der Waals surface area contributed by atoms with Crippen LogP contribution in [-0.2, 0) is 0 Å². The summed E-state index contributed by atoms with van der Waals surface area (Å²) in [6, 6.07) is 5.58. The third-order valence-electron chi connectivity index (χ3n) is 3.67. The number of likely N-dealkylation sites (tertiary alicyclic amines) is 1. The van der Waals surface area contributed by atoms with Crippen LogP contribution in [0.25, 0.3) is 0 Å². The van der Waals surface area contributed by atoms with E-state index in [2.05, 4.69) is 11.9 Å². The van der Waals surface area contributed by atoms with Gasteiger partial charge in [0.05, 0.1) is 6.54 Å². The molecular weight excluding hydrogens is 248 g/mol. The standard InChI is InChI=1S/C14H19ClN2O/c1-17-6-4-10(5-7-17)12-3-2-11(8-13(12)15)14(18)9-16/h2-3,8,10H,4-7,9,16H2,1H3. The number of carbonyl (C=O) groups is 1. The van der Waals surface area contributed by atoms with Crippen molar-refractivity contribution in [2.75, 3.05) is 26.7 Å². The van der Waals surface area contributed by atoms with E-state index in [1.807, 2.05) is 12.1 Å². The zero-order valence-electron chi connectivity index (χ0n) is 10.7. The monoisotopic (exact) mass is 266 g/mol. The minimum Gasteiger partial charge on any atom is -0.324 e. The van der Waals surface area contributed by atoms with Crippen molar-refractivity contribution < 1.29 is 4.79 Å². The van der Waals surface area contributed by atoms with Crippen LogP contribution in [0, 0.1) is 0 Å². The highest BCUT2D eigenvalue weighted by molar-refractivity contribution is 6.31. The molecular formula is C14H19ClN2O. The zero-order valence-corrected chi connectivity index (χ0v) is 11.4. The van der Waals surface area contributed by atoms with Crippen LogP contribution in [-0.4, -0.2) is 37.4 Å². The predicted molar refractivity (Wildman–Crippen MR) is 74.3 cm³/mol. The van der Waals surface area contributed by atoms with E-state index in [4.69, 9.17) is 17.3 Å². The fourth-order valence-corrected chi connectivity index (χ4v) is 2.80. The first kappa shape index (κ1) is 13.5. The van der Waals surface area contributed by atoms with Gasteiger partial charge in [-0.25, -0.2) is 0 Å². The van der Waals surface area contributed by atoms with Gasteiger partial charge in [0.1, 0.15) is 0 Å². The van der Waals surface area contributed by atoms with Gasteiger partial charge in [0.25, 0.3) is 0 Å². The molecule has 2 rings (SSSR count). The summed E-state index contributed by atoms with van der Waals surface area (Å²) in [4.78, 5) is 13.8. The van der Waals surface area contributed by atoms with E-state index >= 15 is 0 Å². The number of nitrogens with two attached hydrogens (primary N) is 1. The summed E-state index contributed by atoms with van der Waals surface area (Å²) in [7, 11) is 2.14. The summed E-state index contributed by atoms with van der Waals surface area (Å²) in [5, 5.41) is 0.698. The Morgan fingerprint density at radius 1 is 1.44 bits per heavy atom. The van der Waals surface area contributed by atoms with Gasteiger partial charge in [0.2, 0.25) is 0 Å². The number of hydrogen-bond acceptors (Lipinski definition) is 3. The van der Waals surface area contributed by atoms with Crippen molar-refractivity contribution in [1.82, 2.24) is 4.90 Å². The summed E-state index contributed by atoms with van der Waals surface area (Å²) in [5.41, 5.74) is 7.13. The maximum absolute atomic E-state index is 11.5. The number of rotatable bonds is 3. The minimum atomic E-state index is -0.0631. The van der Waals surface area contributed by atoms with Crippen LogP contribution in [0.4, 0.5) is 0 Å². The number of benzene rings is 1. The SMILES string of the molecule is CN1CCC(c2ccc(C(=O)CN)cc2Cl)CC1. The molecule has 0 aliphatic carbocycles. The first-order valence-electron chi connectivity index (χ1n) is 6.33. The van der Waals surface area contributed by atoms with Crippen molar-refractivity contribution in [3.05, 3.63) is 34.3 Å². The number of halogens is 1. The van der Waals surface area contributed by atoms with E-state index in [-0.39, 0.29) is 12.3 Å². The molecule has 1 aromatic rings. The average molecular weight is 267 g/mol. The smallest absolute Gasteiger partial charge is 0.176 e. The lowest BCUT2D eigenvalue weighted by Crippen LogP contribution is -2.29. The third-order valence-corrected chi connectivity index (χ3v) is 3.99. The van der Waals surface area contributed by atoms with Crippen LogP contribution >= 0.6 is 11.6 Å². The maximum Gasteiger partial charge on any atom is 0.176 e. The van der Waals surface area contributed by atoms with E-state index in [1.165, 1.54) is 5.56 Å². The normalized spacial score (nSPS) is 17.9. The molecule has 0 radical (unpaired) electrons. The highest BCUT2D eigenvalue weighted by atomic mass is 35.5. The number of piperidine rings is 1. The molecule has 0 unspecified atom stereocenters. The number of carbonyl (C=O) groups excluding carboxylic acids is 1. The molecule has 3 nitrogen and oxygen atoms in total. The molecule has 18 heavy (non-hydrogen) atoms. The Labute approximate surface area is 113 Å². The van der Waals surface area contributed by atoms with Gasteiger partial charge in [-0.15, -0.1) is 0 Å². The van der Waals surface area contributed by atoms with Crippen molar-refractivity contribution in [1.29, 1.82) is 0 Å². The lowest BCUT2D eigenvalue weighted by Gasteiger charge is -2.29. The van der Waals surface area contributed by atoms with Gasteiger partial charge in [0.15, 0.2) is 5.78 Å². The molecule has 1 heterocycles. The van der Waals surface area contributed by atoms with Gasteiger partial charge in [-0.3, -0.25) is 4.79 Å². The largest absolute Gasteiger partial charge is 0.324 e. The van der Waals surface area contributed by atoms with Gasteiger partial charge < -0.3 is 10.6 Å². The fraction of sp³-hybridized carbons (Fsp3) is 0.500. The quantitative estimate of drug-likeness (QED) is 0.854. The lowest BCUT2D eigenvalue weighted by molar-refractivity contribution is 0.100. The van der Waals surface area contributed by atoms with Crippen molar-refractivity contribution in [2.45, 2.75) is 18.8 Å². The number of Topliss-reactive ketones (excluding diaryl/α,β-unsaturated/α-hetero) is 1. The topological polar surface area (TPSA) is 46.3 Å². The molecule has 0 atom stereocenters. The number of nitrogens with zero attached hydrogens (tertiary/aromatic N) is 1. The first-order chi connectivity index (χ1) is 8.61. The van der Waals surface area contributed by atoms with Crippen LogP contribution in [0.15, 0.2) is 18.2 Å². The van der Waals surface area contributed by atoms with E-state index < -0.39 is 0 Å². The molecule has 98 valence electrons. The number of ketones is 1. The maximum atomic E-state index is 11.5. The Bertz CT molecular complexity index is 439. The molecule has 0 spiro atoms. The van der Waals surface area contributed by atoms with E-state index in [0.717, 1.165) is 25.9 Å². The highest BCUT2D eigenvalue weighted by Crippen LogP contribution is 2.33. The van der Waals surface area contributed by atoms with Crippen molar-refractivity contribution >= 4 is 17.4 Å². The molecule has 1 aliphatic heterocycles. The van der Waals surface area contributed by atoms with Gasteiger partial charge in [-0.1, -0.05) is 23.7 Å². The highest BCUT2D eigenvalue weighted by Gasteiger charge is 2.20. The summed E-state index contributed by atoms with van der Waals surface area (Å²) in [5.74, 6) is 0.447.